The number of benzene rings is 2. The molecule has 0 aliphatic carbocycles. The summed E-state index contributed by atoms with van der Waals surface area (Å²) in [5.74, 6) is -0.424. The van der Waals surface area contributed by atoms with Gasteiger partial charge in [-0.3, -0.25) is 9.69 Å². The maximum Gasteiger partial charge on any atom is 0.249 e. The summed E-state index contributed by atoms with van der Waals surface area (Å²) in [5.41, 5.74) is 11.1. The molecule has 0 bridgehead atoms. The van der Waals surface area contributed by atoms with E-state index in [1.165, 1.54) is 0 Å². The Morgan fingerprint density at radius 2 is 1.80 bits per heavy atom. The van der Waals surface area contributed by atoms with Crippen molar-refractivity contribution in [2.24, 2.45) is 5.73 Å². The number of piperidine rings is 1. The van der Waals surface area contributed by atoms with E-state index in [2.05, 4.69) is 21.1 Å². The Morgan fingerprint density at radius 1 is 1.00 bits per heavy atom. The van der Waals surface area contributed by atoms with Gasteiger partial charge in [-0.25, -0.2) is 9.50 Å². The Labute approximate surface area is 204 Å². The summed E-state index contributed by atoms with van der Waals surface area (Å²) in [6.45, 7) is 7.83. The van der Waals surface area contributed by atoms with Gasteiger partial charge in [0.1, 0.15) is 0 Å². The lowest BCUT2D eigenvalue weighted by Crippen LogP contribution is -2.49. The minimum Gasteiger partial charge on any atom is -0.379 e. The average molecular weight is 471 g/mol. The van der Waals surface area contributed by atoms with Gasteiger partial charge in [0, 0.05) is 43.3 Å². The average Bonchev–Trinajstić information content (AvgIpc) is 3.31. The SMILES string of the molecule is Cc1ccc2c(-c3cnn4cc(N5CCC(N6CCOCC6)CC5)cnc34)ccc(C(N)=O)c2c1. The number of hydrogen-bond donors (Lipinski definition) is 1. The third kappa shape index (κ3) is 4.02. The third-order valence-corrected chi connectivity index (χ3v) is 7.46. The van der Waals surface area contributed by atoms with Crippen LogP contribution in [-0.2, 0) is 4.74 Å². The second-order valence-corrected chi connectivity index (χ2v) is 9.58. The van der Waals surface area contributed by atoms with Crippen LogP contribution in [0.2, 0.25) is 0 Å². The number of carbonyl (C=O) groups excluding carboxylic acids is 1. The molecule has 2 aromatic heterocycles. The summed E-state index contributed by atoms with van der Waals surface area (Å²) in [6, 6.07) is 10.5. The van der Waals surface area contributed by atoms with Crippen LogP contribution in [0.1, 0.15) is 28.8 Å². The number of fused-ring (bicyclic) bond motifs is 2. The van der Waals surface area contributed by atoms with Gasteiger partial charge in [0.2, 0.25) is 5.91 Å². The first-order chi connectivity index (χ1) is 17.1. The molecule has 0 saturated carbocycles. The summed E-state index contributed by atoms with van der Waals surface area (Å²) in [4.78, 5) is 21.8. The summed E-state index contributed by atoms with van der Waals surface area (Å²) < 4.78 is 7.37. The van der Waals surface area contributed by atoms with Crippen LogP contribution in [0.3, 0.4) is 0 Å². The predicted octanol–water partition coefficient (Wildman–Crippen LogP) is 3.26. The number of morpholine rings is 1. The molecular formula is C27H30N6O2. The number of ether oxygens (including phenoxy) is 1. The zero-order valence-corrected chi connectivity index (χ0v) is 20.0. The smallest absolute Gasteiger partial charge is 0.249 e. The fraction of sp³-hybridized carbons (Fsp3) is 0.370. The number of aromatic nitrogens is 3. The third-order valence-electron chi connectivity index (χ3n) is 7.46. The van der Waals surface area contributed by atoms with Crippen molar-refractivity contribution in [2.75, 3.05) is 44.3 Å². The summed E-state index contributed by atoms with van der Waals surface area (Å²) >= 11 is 0. The number of primary amides is 1. The zero-order chi connectivity index (χ0) is 23.9. The van der Waals surface area contributed by atoms with E-state index in [1.807, 2.05) is 48.1 Å². The highest BCUT2D eigenvalue weighted by Crippen LogP contribution is 2.34. The Kier molecular flexibility index (Phi) is 5.62. The van der Waals surface area contributed by atoms with Gasteiger partial charge in [0.05, 0.1) is 37.5 Å². The van der Waals surface area contributed by atoms with Gasteiger partial charge in [-0.1, -0.05) is 29.8 Å². The van der Waals surface area contributed by atoms with Gasteiger partial charge >= 0.3 is 0 Å². The molecular weight excluding hydrogens is 440 g/mol. The molecule has 6 rings (SSSR count). The molecule has 0 unspecified atom stereocenters. The van der Waals surface area contributed by atoms with Crippen molar-refractivity contribution in [1.29, 1.82) is 0 Å². The summed E-state index contributed by atoms with van der Waals surface area (Å²) in [7, 11) is 0. The van der Waals surface area contributed by atoms with Crippen LogP contribution in [-0.4, -0.2) is 70.8 Å². The molecule has 1 amide bonds. The summed E-state index contributed by atoms with van der Waals surface area (Å²) in [6.07, 6.45) is 8.19. The molecule has 8 heteroatoms. The fourth-order valence-corrected chi connectivity index (χ4v) is 5.56. The molecule has 2 fully saturated rings. The maximum absolute atomic E-state index is 12.0. The topological polar surface area (TPSA) is 89.0 Å². The van der Waals surface area contributed by atoms with Crippen molar-refractivity contribution >= 4 is 28.0 Å². The van der Waals surface area contributed by atoms with Gasteiger partial charge < -0.3 is 15.4 Å². The lowest BCUT2D eigenvalue weighted by molar-refractivity contribution is 0.0115. The molecule has 0 spiro atoms. The van der Waals surface area contributed by atoms with Crippen molar-refractivity contribution in [3.8, 4) is 11.1 Å². The number of carbonyl (C=O) groups is 1. The molecule has 35 heavy (non-hydrogen) atoms. The normalized spacial score (nSPS) is 17.9. The van der Waals surface area contributed by atoms with E-state index in [-0.39, 0.29) is 0 Å². The van der Waals surface area contributed by atoms with Crippen LogP contribution in [0.4, 0.5) is 5.69 Å². The second-order valence-electron chi connectivity index (χ2n) is 9.58. The first kappa shape index (κ1) is 22.0. The lowest BCUT2D eigenvalue weighted by Gasteiger charge is -2.40. The van der Waals surface area contributed by atoms with Crippen molar-refractivity contribution in [3.63, 3.8) is 0 Å². The Bertz CT molecular complexity index is 1400. The molecule has 180 valence electrons. The lowest BCUT2D eigenvalue weighted by atomic mass is 9.95. The van der Waals surface area contributed by atoms with Crippen LogP contribution < -0.4 is 10.6 Å². The molecule has 2 aliphatic rings. The highest BCUT2D eigenvalue weighted by atomic mass is 16.5. The molecule has 2 saturated heterocycles. The Balaban J connectivity index is 1.29. The Hall–Kier alpha value is -3.49. The van der Waals surface area contributed by atoms with E-state index in [4.69, 9.17) is 15.5 Å². The second kappa shape index (κ2) is 8.94. The maximum atomic E-state index is 12.0. The summed E-state index contributed by atoms with van der Waals surface area (Å²) in [5, 5.41) is 6.46. The first-order valence-electron chi connectivity index (χ1n) is 12.3. The van der Waals surface area contributed by atoms with E-state index < -0.39 is 5.91 Å². The minimum absolute atomic E-state index is 0.424. The minimum atomic E-state index is -0.424. The first-order valence-corrected chi connectivity index (χ1v) is 12.3. The van der Waals surface area contributed by atoms with Crippen molar-refractivity contribution in [1.82, 2.24) is 19.5 Å². The van der Waals surface area contributed by atoms with Gasteiger partial charge in [-0.15, -0.1) is 0 Å². The van der Waals surface area contributed by atoms with E-state index in [1.54, 1.807) is 6.07 Å². The van der Waals surface area contributed by atoms with Gasteiger partial charge in [0.15, 0.2) is 5.65 Å². The number of nitrogens with zero attached hydrogens (tertiary/aromatic N) is 5. The van der Waals surface area contributed by atoms with Crippen molar-refractivity contribution in [2.45, 2.75) is 25.8 Å². The standard InChI is InChI=1S/C27H30N6O2/c1-18-2-3-21-22(4-5-23(26(28)34)24(21)14-18)25-16-30-33-17-20(15-29-27(25)33)31-8-6-19(7-9-31)32-10-12-35-13-11-32/h2-5,14-17,19H,6-13H2,1H3,(H2,28,34). The number of hydrogen-bond acceptors (Lipinski definition) is 6. The molecule has 2 aromatic carbocycles. The van der Waals surface area contributed by atoms with E-state index in [0.717, 1.165) is 91.0 Å². The largest absolute Gasteiger partial charge is 0.379 e. The van der Waals surface area contributed by atoms with Crippen LogP contribution in [0.25, 0.3) is 27.5 Å². The van der Waals surface area contributed by atoms with Crippen molar-refractivity contribution < 1.29 is 9.53 Å². The highest BCUT2D eigenvalue weighted by Gasteiger charge is 2.26. The molecule has 4 heterocycles. The molecule has 8 nitrogen and oxygen atoms in total. The number of nitrogens with two attached hydrogens (primary N) is 1. The van der Waals surface area contributed by atoms with E-state index in [9.17, 15) is 4.79 Å². The van der Waals surface area contributed by atoms with Crippen LogP contribution in [0, 0.1) is 6.92 Å². The van der Waals surface area contributed by atoms with Crippen LogP contribution in [0.5, 0.6) is 0 Å². The predicted molar refractivity (Wildman–Crippen MR) is 137 cm³/mol. The molecule has 2 aliphatic heterocycles. The number of rotatable bonds is 4. The molecule has 0 radical (unpaired) electrons. The Morgan fingerprint density at radius 3 is 2.57 bits per heavy atom. The van der Waals surface area contributed by atoms with Gasteiger partial charge in [-0.2, -0.15) is 5.10 Å². The quantitative estimate of drug-likeness (QED) is 0.493. The zero-order valence-electron chi connectivity index (χ0n) is 20.0. The van der Waals surface area contributed by atoms with Crippen LogP contribution >= 0.6 is 0 Å². The van der Waals surface area contributed by atoms with Crippen molar-refractivity contribution in [3.05, 3.63) is 60.0 Å². The van der Waals surface area contributed by atoms with Crippen LogP contribution in [0.15, 0.2) is 48.9 Å². The monoisotopic (exact) mass is 470 g/mol. The van der Waals surface area contributed by atoms with Gasteiger partial charge in [0.25, 0.3) is 0 Å². The number of aryl methyl sites for hydroxylation is 1. The molecule has 2 N–H and O–H groups in total. The molecule has 4 aromatic rings. The number of anilines is 1. The molecule has 0 atom stereocenters. The van der Waals surface area contributed by atoms with Gasteiger partial charge in [-0.05, 0) is 42.2 Å². The fourth-order valence-electron chi connectivity index (χ4n) is 5.56. The van der Waals surface area contributed by atoms with E-state index in [0.29, 0.717) is 11.6 Å². The van der Waals surface area contributed by atoms with E-state index >= 15 is 0 Å². The number of amides is 1. The highest BCUT2D eigenvalue weighted by molar-refractivity contribution is 6.11.